The lowest BCUT2D eigenvalue weighted by molar-refractivity contribution is -0.122. The normalized spacial score (nSPS) is 15.2. The predicted molar refractivity (Wildman–Crippen MR) is 130 cm³/mol. The van der Waals surface area contributed by atoms with Crippen LogP contribution >= 0.6 is 0 Å². The molecule has 1 saturated heterocycles. The molecule has 6 nitrogen and oxygen atoms in total. The summed E-state index contributed by atoms with van der Waals surface area (Å²) in [4.78, 5) is 27.9. The van der Waals surface area contributed by atoms with E-state index in [1.165, 1.54) is 18.4 Å². The molecular weight excluding hydrogens is 400 g/mol. The Labute approximate surface area is 191 Å². The topological polar surface area (TPSA) is 73.5 Å². The van der Waals surface area contributed by atoms with Gasteiger partial charge in [0.2, 0.25) is 5.91 Å². The van der Waals surface area contributed by atoms with Gasteiger partial charge in [0.05, 0.1) is 0 Å². The zero-order valence-electron chi connectivity index (χ0n) is 19.5. The van der Waals surface area contributed by atoms with Crippen LogP contribution < -0.4 is 16.0 Å². The minimum Gasteiger partial charge on any atom is -0.353 e. The van der Waals surface area contributed by atoms with Crippen molar-refractivity contribution in [3.05, 3.63) is 65.7 Å². The lowest BCUT2D eigenvalue weighted by Gasteiger charge is -2.21. The molecule has 0 saturated carbocycles. The largest absolute Gasteiger partial charge is 0.353 e. The molecule has 1 atom stereocenters. The van der Waals surface area contributed by atoms with Gasteiger partial charge in [-0.25, -0.2) is 4.79 Å². The standard InChI is InChI=1S/C26H36N4O2/c1-26(2,3)21-11-13-22(14-12-21)28-25(32)29-23(19-20-9-5-4-6-10-20)24(31)27-15-18-30-16-7-8-17-30/h4-6,9-14,23H,7-8,15-19H2,1-3H3,(H,27,31)(H2,28,29,32). The summed E-state index contributed by atoms with van der Waals surface area (Å²) in [6.45, 7) is 10.1. The van der Waals surface area contributed by atoms with Crippen molar-refractivity contribution in [3.8, 4) is 0 Å². The summed E-state index contributed by atoms with van der Waals surface area (Å²) in [7, 11) is 0. The van der Waals surface area contributed by atoms with E-state index in [-0.39, 0.29) is 17.4 Å². The van der Waals surface area contributed by atoms with E-state index in [0.29, 0.717) is 18.7 Å². The van der Waals surface area contributed by atoms with Gasteiger partial charge in [0.1, 0.15) is 6.04 Å². The van der Waals surface area contributed by atoms with Gasteiger partial charge in [0, 0.05) is 25.2 Å². The van der Waals surface area contributed by atoms with Crippen molar-refractivity contribution >= 4 is 17.6 Å². The Bertz CT molecular complexity index is 869. The Kier molecular flexibility index (Phi) is 8.28. The van der Waals surface area contributed by atoms with Crippen molar-refractivity contribution < 1.29 is 9.59 Å². The maximum atomic E-state index is 12.9. The van der Waals surface area contributed by atoms with E-state index in [4.69, 9.17) is 0 Å². The first-order valence-electron chi connectivity index (χ1n) is 11.5. The second kappa shape index (κ2) is 11.1. The van der Waals surface area contributed by atoms with Gasteiger partial charge in [0.15, 0.2) is 0 Å². The van der Waals surface area contributed by atoms with Crippen LogP contribution in [0.25, 0.3) is 0 Å². The third-order valence-corrected chi connectivity index (χ3v) is 5.84. The fourth-order valence-corrected chi connectivity index (χ4v) is 3.90. The van der Waals surface area contributed by atoms with Crippen LogP contribution in [0.3, 0.4) is 0 Å². The van der Waals surface area contributed by atoms with Gasteiger partial charge < -0.3 is 20.9 Å². The molecule has 1 aliphatic rings. The molecule has 2 aromatic rings. The number of likely N-dealkylation sites (tertiary alicyclic amines) is 1. The molecule has 32 heavy (non-hydrogen) atoms. The van der Waals surface area contributed by atoms with Gasteiger partial charge in [-0.15, -0.1) is 0 Å². The van der Waals surface area contributed by atoms with Gasteiger partial charge in [-0.1, -0.05) is 63.2 Å². The zero-order chi connectivity index (χ0) is 23.0. The summed E-state index contributed by atoms with van der Waals surface area (Å²) in [5.41, 5.74) is 2.95. The zero-order valence-corrected chi connectivity index (χ0v) is 19.5. The fraction of sp³-hybridized carbons (Fsp3) is 0.462. The highest BCUT2D eigenvalue weighted by molar-refractivity contribution is 5.93. The molecule has 0 aromatic heterocycles. The van der Waals surface area contributed by atoms with Crippen molar-refractivity contribution in [2.24, 2.45) is 0 Å². The average molecular weight is 437 g/mol. The third kappa shape index (κ3) is 7.38. The molecule has 1 heterocycles. The number of rotatable bonds is 8. The number of benzene rings is 2. The molecule has 172 valence electrons. The van der Waals surface area contributed by atoms with E-state index in [9.17, 15) is 9.59 Å². The molecule has 1 unspecified atom stereocenters. The van der Waals surface area contributed by atoms with Crippen LogP contribution in [0.2, 0.25) is 0 Å². The highest BCUT2D eigenvalue weighted by Crippen LogP contribution is 2.23. The van der Waals surface area contributed by atoms with E-state index in [1.54, 1.807) is 0 Å². The summed E-state index contributed by atoms with van der Waals surface area (Å²) in [5.74, 6) is -0.161. The predicted octanol–water partition coefficient (Wildman–Crippen LogP) is 3.93. The molecule has 0 aliphatic carbocycles. The van der Waals surface area contributed by atoms with E-state index in [0.717, 1.165) is 25.2 Å². The van der Waals surface area contributed by atoms with Crippen LogP contribution in [-0.2, 0) is 16.6 Å². The molecule has 1 fully saturated rings. The van der Waals surface area contributed by atoms with Crippen molar-refractivity contribution in [2.75, 3.05) is 31.5 Å². The van der Waals surface area contributed by atoms with Crippen LogP contribution in [0.5, 0.6) is 0 Å². The van der Waals surface area contributed by atoms with Crippen molar-refractivity contribution in [1.29, 1.82) is 0 Å². The number of hydrogen-bond acceptors (Lipinski definition) is 3. The number of carbonyl (C=O) groups excluding carboxylic acids is 2. The molecule has 0 bridgehead atoms. The van der Waals surface area contributed by atoms with Gasteiger partial charge >= 0.3 is 6.03 Å². The minimum atomic E-state index is -0.648. The summed E-state index contributed by atoms with van der Waals surface area (Å²) in [6, 6.07) is 16.5. The van der Waals surface area contributed by atoms with Gasteiger partial charge in [-0.3, -0.25) is 4.79 Å². The first kappa shape index (κ1) is 23.8. The Hall–Kier alpha value is -2.86. The van der Waals surface area contributed by atoms with Crippen LogP contribution in [-0.4, -0.2) is 49.1 Å². The molecule has 0 spiro atoms. The Balaban J connectivity index is 1.59. The molecule has 6 heteroatoms. The number of carbonyl (C=O) groups is 2. The molecule has 3 amide bonds. The number of hydrogen-bond donors (Lipinski definition) is 3. The number of anilines is 1. The smallest absolute Gasteiger partial charge is 0.319 e. The van der Waals surface area contributed by atoms with E-state index >= 15 is 0 Å². The number of nitrogens with zero attached hydrogens (tertiary/aromatic N) is 1. The van der Waals surface area contributed by atoms with Gasteiger partial charge in [-0.05, 0) is 54.6 Å². The maximum Gasteiger partial charge on any atom is 0.319 e. The molecular formula is C26H36N4O2. The number of nitrogens with one attached hydrogen (secondary N) is 3. The molecule has 0 radical (unpaired) electrons. The van der Waals surface area contributed by atoms with Crippen LogP contribution in [0.1, 0.15) is 44.7 Å². The lowest BCUT2D eigenvalue weighted by atomic mass is 9.87. The lowest BCUT2D eigenvalue weighted by Crippen LogP contribution is -2.50. The summed E-state index contributed by atoms with van der Waals surface area (Å²) in [5, 5.41) is 8.72. The van der Waals surface area contributed by atoms with E-state index in [2.05, 4.69) is 41.6 Å². The summed E-state index contributed by atoms with van der Waals surface area (Å²) >= 11 is 0. The van der Waals surface area contributed by atoms with Crippen LogP contribution in [0.15, 0.2) is 54.6 Å². The molecule has 2 aromatic carbocycles. The molecule has 3 N–H and O–H groups in total. The molecule has 3 rings (SSSR count). The second-order valence-corrected chi connectivity index (χ2v) is 9.51. The number of amides is 3. The van der Waals surface area contributed by atoms with Crippen molar-refractivity contribution in [2.45, 2.75) is 51.5 Å². The summed E-state index contributed by atoms with van der Waals surface area (Å²) < 4.78 is 0. The van der Waals surface area contributed by atoms with Crippen LogP contribution in [0.4, 0.5) is 10.5 Å². The Morgan fingerprint density at radius 1 is 0.969 bits per heavy atom. The van der Waals surface area contributed by atoms with E-state index < -0.39 is 6.04 Å². The molecule has 1 aliphatic heterocycles. The first-order chi connectivity index (χ1) is 15.3. The van der Waals surface area contributed by atoms with Gasteiger partial charge in [0.25, 0.3) is 0 Å². The second-order valence-electron chi connectivity index (χ2n) is 9.51. The third-order valence-electron chi connectivity index (χ3n) is 5.84. The van der Waals surface area contributed by atoms with E-state index in [1.807, 2.05) is 54.6 Å². The monoisotopic (exact) mass is 436 g/mol. The van der Waals surface area contributed by atoms with Crippen LogP contribution in [0, 0.1) is 0 Å². The van der Waals surface area contributed by atoms with Crippen molar-refractivity contribution in [3.63, 3.8) is 0 Å². The highest BCUT2D eigenvalue weighted by Gasteiger charge is 2.22. The first-order valence-corrected chi connectivity index (χ1v) is 11.5. The van der Waals surface area contributed by atoms with Gasteiger partial charge in [-0.2, -0.15) is 0 Å². The summed E-state index contributed by atoms with van der Waals surface area (Å²) in [6.07, 6.45) is 2.89. The average Bonchev–Trinajstić information content (AvgIpc) is 3.27. The maximum absolute atomic E-state index is 12.9. The Morgan fingerprint density at radius 3 is 2.25 bits per heavy atom. The minimum absolute atomic E-state index is 0.0503. The highest BCUT2D eigenvalue weighted by atomic mass is 16.2. The Morgan fingerprint density at radius 2 is 1.62 bits per heavy atom. The quantitative estimate of drug-likeness (QED) is 0.587. The number of urea groups is 1. The fourth-order valence-electron chi connectivity index (χ4n) is 3.90. The SMILES string of the molecule is CC(C)(C)c1ccc(NC(=O)NC(Cc2ccccc2)C(=O)NCCN2CCCC2)cc1. The van der Waals surface area contributed by atoms with Crippen molar-refractivity contribution in [1.82, 2.24) is 15.5 Å².